The Hall–Kier alpha value is -1.41. The van der Waals surface area contributed by atoms with Crippen LogP contribution in [0.3, 0.4) is 0 Å². The smallest absolute Gasteiger partial charge is 0.149 e. The van der Waals surface area contributed by atoms with Gasteiger partial charge < -0.3 is 4.74 Å². The Morgan fingerprint density at radius 3 is 2.44 bits per heavy atom. The summed E-state index contributed by atoms with van der Waals surface area (Å²) < 4.78 is 19.8. The minimum Gasteiger partial charge on any atom is -0.372 e. The Morgan fingerprint density at radius 1 is 1.06 bits per heavy atom. The van der Waals surface area contributed by atoms with Crippen molar-refractivity contribution in [2.45, 2.75) is 32.5 Å². The van der Waals surface area contributed by atoms with Crippen LogP contribution >= 0.6 is 0 Å². The molecule has 0 aliphatic carbocycles. The molecule has 1 atom stereocenters. The molecule has 0 aliphatic heterocycles. The Kier molecular flexibility index (Phi) is 3.67. The van der Waals surface area contributed by atoms with E-state index in [2.05, 4.69) is 0 Å². The molecule has 0 heterocycles. The van der Waals surface area contributed by atoms with Crippen molar-refractivity contribution in [3.8, 4) is 0 Å². The van der Waals surface area contributed by atoms with Gasteiger partial charge in [-0.05, 0) is 37.1 Å². The van der Waals surface area contributed by atoms with Gasteiger partial charge in [-0.1, -0.05) is 42.5 Å². The summed E-state index contributed by atoms with van der Waals surface area (Å²) in [5.41, 5.74) is 0.395. The second kappa shape index (κ2) is 5.07. The molecule has 0 amide bonds. The lowest BCUT2D eigenvalue weighted by Crippen LogP contribution is -2.21. The summed E-state index contributed by atoms with van der Waals surface area (Å²) in [7, 11) is 0. The van der Waals surface area contributed by atoms with Gasteiger partial charge in [0.25, 0.3) is 0 Å². The fraction of sp³-hybridized carbons (Fsp3) is 0.375. The van der Waals surface area contributed by atoms with E-state index in [1.807, 2.05) is 63.2 Å². The molecule has 1 nitrogen and oxygen atoms in total. The van der Waals surface area contributed by atoms with Crippen molar-refractivity contribution in [2.24, 2.45) is 0 Å². The first-order valence-corrected chi connectivity index (χ1v) is 6.23. The largest absolute Gasteiger partial charge is 0.372 e. The molecule has 0 aliphatic rings. The molecule has 0 saturated heterocycles. The molecular weight excluding hydrogens is 227 g/mol. The van der Waals surface area contributed by atoms with E-state index in [0.29, 0.717) is 5.56 Å². The molecule has 0 fully saturated rings. The highest BCUT2D eigenvalue weighted by atomic mass is 19.1. The lowest BCUT2D eigenvalue weighted by Gasteiger charge is -2.21. The van der Waals surface area contributed by atoms with Crippen LogP contribution in [-0.4, -0.2) is 12.2 Å². The third kappa shape index (κ3) is 3.08. The maximum Gasteiger partial charge on any atom is 0.149 e. The van der Waals surface area contributed by atoms with E-state index in [1.54, 1.807) is 0 Å². The highest BCUT2D eigenvalue weighted by Crippen LogP contribution is 2.27. The van der Waals surface area contributed by atoms with Gasteiger partial charge in [0.2, 0.25) is 0 Å². The molecular formula is C16H19FO. The van der Waals surface area contributed by atoms with Crippen molar-refractivity contribution in [3.63, 3.8) is 0 Å². The number of hydrogen-bond acceptors (Lipinski definition) is 1. The molecule has 0 aromatic heterocycles. The molecule has 2 aromatic rings. The fourth-order valence-corrected chi connectivity index (χ4v) is 1.94. The Morgan fingerprint density at radius 2 is 1.72 bits per heavy atom. The Balaban J connectivity index is 2.25. The van der Waals surface area contributed by atoms with Crippen LogP contribution in [0.4, 0.5) is 4.39 Å². The van der Waals surface area contributed by atoms with Crippen molar-refractivity contribution >= 4 is 10.8 Å². The van der Waals surface area contributed by atoms with Crippen LogP contribution in [0.2, 0.25) is 0 Å². The van der Waals surface area contributed by atoms with Crippen molar-refractivity contribution in [2.75, 3.05) is 6.61 Å². The highest BCUT2D eigenvalue weighted by Gasteiger charge is 2.17. The van der Waals surface area contributed by atoms with Gasteiger partial charge in [-0.15, -0.1) is 0 Å². The molecule has 1 unspecified atom stereocenters. The number of benzene rings is 2. The third-order valence-electron chi connectivity index (χ3n) is 2.82. The summed E-state index contributed by atoms with van der Waals surface area (Å²) in [6, 6.07) is 13.6. The van der Waals surface area contributed by atoms with E-state index in [9.17, 15) is 4.39 Å². The number of alkyl halides is 1. The van der Waals surface area contributed by atoms with E-state index >= 15 is 0 Å². The van der Waals surface area contributed by atoms with E-state index in [1.165, 1.54) is 0 Å². The van der Waals surface area contributed by atoms with Crippen molar-refractivity contribution in [3.05, 3.63) is 48.0 Å². The van der Waals surface area contributed by atoms with Gasteiger partial charge in [0.1, 0.15) is 6.17 Å². The molecule has 2 rings (SSSR count). The number of hydrogen-bond donors (Lipinski definition) is 0. The maximum atomic E-state index is 14.3. The van der Waals surface area contributed by atoms with Crippen LogP contribution in [0.1, 0.15) is 32.5 Å². The zero-order valence-corrected chi connectivity index (χ0v) is 11.1. The summed E-state index contributed by atoms with van der Waals surface area (Å²) in [5.74, 6) is 0. The van der Waals surface area contributed by atoms with Gasteiger partial charge in [-0.3, -0.25) is 0 Å². The lowest BCUT2D eigenvalue weighted by atomic mass is 10.0. The monoisotopic (exact) mass is 246 g/mol. The number of ether oxygens (including phenoxy) is 1. The minimum absolute atomic E-state index is 0.0947. The Labute approximate surface area is 108 Å². The predicted octanol–water partition coefficient (Wildman–Crippen LogP) is 4.67. The van der Waals surface area contributed by atoms with E-state index < -0.39 is 6.17 Å². The molecule has 96 valence electrons. The SMILES string of the molecule is CC(C)(C)OCC(F)c1cccc2ccccc12. The first-order chi connectivity index (χ1) is 8.47. The van der Waals surface area contributed by atoms with Gasteiger partial charge >= 0.3 is 0 Å². The van der Waals surface area contributed by atoms with Crippen LogP contribution < -0.4 is 0 Å². The average molecular weight is 246 g/mol. The summed E-state index contributed by atoms with van der Waals surface area (Å²) in [6.45, 7) is 5.89. The predicted molar refractivity (Wildman–Crippen MR) is 73.5 cm³/mol. The van der Waals surface area contributed by atoms with Crippen LogP contribution in [0.5, 0.6) is 0 Å². The van der Waals surface area contributed by atoms with Gasteiger partial charge in [-0.2, -0.15) is 0 Å². The van der Waals surface area contributed by atoms with Crippen molar-refractivity contribution in [1.29, 1.82) is 0 Å². The van der Waals surface area contributed by atoms with E-state index in [-0.39, 0.29) is 12.2 Å². The molecule has 0 spiro atoms. The standard InChI is InChI=1S/C16H19FO/c1-16(2,3)18-11-15(17)14-10-6-8-12-7-4-5-9-13(12)14/h4-10,15H,11H2,1-3H3. The number of halogens is 1. The van der Waals surface area contributed by atoms with Gasteiger partial charge in [0.15, 0.2) is 0 Å². The fourth-order valence-electron chi connectivity index (χ4n) is 1.94. The van der Waals surface area contributed by atoms with Crippen molar-refractivity contribution in [1.82, 2.24) is 0 Å². The zero-order valence-electron chi connectivity index (χ0n) is 11.1. The summed E-state index contributed by atoms with van der Waals surface area (Å²) >= 11 is 0. The quantitative estimate of drug-likeness (QED) is 0.765. The summed E-state index contributed by atoms with van der Waals surface area (Å²) in [4.78, 5) is 0. The number of rotatable bonds is 3. The van der Waals surface area contributed by atoms with E-state index in [4.69, 9.17) is 4.74 Å². The second-order valence-corrected chi connectivity index (χ2v) is 5.46. The zero-order chi connectivity index (χ0) is 13.2. The molecule has 18 heavy (non-hydrogen) atoms. The number of fused-ring (bicyclic) bond motifs is 1. The molecule has 0 saturated carbocycles. The summed E-state index contributed by atoms with van der Waals surface area (Å²) in [5, 5.41) is 2.03. The van der Waals surface area contributed by atoms with Crippen LogP contribution in [-0.2, 0) is 4.74 Å². The van der Waals surface area contributed by atoms with Crippen LogP contribution in [0.25, 0.3) is 10.8 Å². The third-order valence-corrected chi connectivity index (χ3v) is 2.82. The molecule has 2 aromatic carbocycles. The first kappa shape index (κ1) is 13.0. The molecule has 2 heteroatoms. The minimum atomic E-state index is -1.09. The van der Waals surface area contributed by atoms with Crippen LogP contribution in [0, 0.1) is 0 Å². The second-order valence-electron chi connectivity index (χ2n) is 5.46. The van der Waals surface area contributed by atoms with Gasteiger partial charge in [-0.25, -0.2) is 4.39 Å². The normalized spacial score (nSPS) is 13.8. The Bertz CT molecular complexity index is 523. The lowest BCUT2D eigenvalue weighted by molar-refractivity contribution is -0.0293. The van der Waals surface area contributed by atoms with E-state index in [0.717, 1.165) is 10.8 Å². The van der Waals surface area contributed by atoms with Crippen molar-refractivity contribution < 1.29 is 9.13 Å². The van der Waals surface area contributed by atoms with Crippen LogP contribution in [0.15, 0.2) is 42.5 Å². The molecule has 0 radical (unpaired) electrons. The maximum absolute atomic E-state index is 14.3. The van der Waals surface area contributed by atoms with Gasteiger partial charge in [0, 0.05) is 0 Å². The molecule has 0 bridgehead atoms. The summed E-state index contributed by atoms with van der Waals surface area (Å²) in [6.07, 6.45) is -1.09. The molecule has 0 N–H and O–H groups in total. The van der Waals surface area contributed by atoms with Gasteiger partial charge in [0.05, 0.1) is 12.2 Å². The average Bonchev–Trinajstić information content (AvgIpc) is 2.34. The topological polar surface area (TPSA) is 9.23 Å². The first-order valence-electron chi connectivity index (χ1n) is 6.23. The highest BCUT2D eigenvalue weighted by molar-refractivity contribution is 5.85.